The first kappa shape index (κ1) is 9.21. The number of carbonyl (C=O) groups excluding carboxylic acids is 1. The van der Waals surface area contributed by atoms with Gasteiger partial charge in [0.2, 0.25) is 5.91 Å². The smallest absolute Gasteiger partial charge is 0.246 e. The minimum Gasteiger partial charge on any atom is -0.340 e. The summed E-state index contributed by atoms with van der Waals surface area (Å²) < 4.78 is 0. The zero-order valence-electron chi connectivity index (χ0n) is 6.92. The van der Waals surface area contributed by atoms with Gasteiger partial charge in [0.25, 0.3) is 0 Å². The summed E-state index contributed by atoms with van der Waals surface area (Å²) in [5, 5.41) is 0. The molecule has 0 aromatic heterocycles. The Morgan fingerprint density at radius 2 is 1.90 bits per heavy atom. The summed E-state index contributed by atoms with van der Waals surface area (Å²) in [6.07, 6.45) is 3.35. The van der Waals surface area contributed by atoms with Gasteiger partial charge in [0.1, 0.15) is 0 Å². The van der Waals surface area contributed by atoms with Crippen molar-refractivity contribution in [1.29, 1.82) is 0 Å². The summed E-state index contributed by atoms with van der Waals surface area (Å²) in [4.78, 5) is 12.8. The number of hydrogen-bond acceptors (Lipinski definition) is 1. The largest absolute Gasteiger partial charge is 0.340 e. The lowest BCUT2D eigenvalue weighted by Gasteiger charge is -2.15. The van der Waals surface area contributed by atoms with E-state index in [0.29, 0.717) is 0 Å². The van der Waals surface area contributed by atoms with Crippen molar-refractivity contribution in [2.24, 2.45) is 0 Å². The monoisotopic (exact) mass is 141 g/mol. The van der Waals surface area contributed by atoms with E-state index in [1.807, 2.05) is 20.8 Å². The Bertz CT molecular complexity index is 125. The van der Waals surface area contributed by atoms with Crippen LogP contribution in [0, 0.1) is 0 Å². The second-order valence-electron chi connectivity index (χ2n) is 2.01. The Labute approximate surface area is 62.5 Å². The molecule has 1 amide bonds. The topological polar surface area (TPSA) is 20.3 Å². The van der Waals surface area contributed by atoms with Gasteiger partial charge in [-0.05, 0) is 26.8 Å². The summed E-state index contributed by atoms with van der Waals surface area (Å²) >= 11 is 0. The normalized spacial score (nSPS) is 10.3. The summed E-state index contributed by atoms with van der Waals surface area (Å²) in [5.41, 5.74) is 0. The SMILES string of the molecule is C/C=C\C(=O)N(CC)CC. The van der Waals surface area contributed by atoms with Gasteiger partial charge in [-0.1, -0.05) is 6.08 Å². The maximum atomic E-state index is 11.0. The Balaban J connectivity index is 3.89. The molecule has 0 bridgehead atoms. The fraction of sp³-hybridized carbons (Fsp3) is 0.625. The van der Waals surface area contributed by atoms with Crippen LogP contribution in [-0.2, 0) is 4.79 Å². The molecule has 10 heavy (non-hydrogen) atoms. The van der Waals surface area contributed by atoms with E-state index in [2.05, 4.69) is 0 Å². The Kier molecular flexibility index (Phi) is 4.63. The van der Waals surface area contributed by atoms with E-state index in [0.717, 1.165) is 13.1 Å². The van der Waals surface area contributed by atoms with E-state index in [-0.39, 0.29) is 5.91 Å². The minimum atomic E-state index is 0.104. The second-order valence-corrected chi connectivity index (χ2v) is 2.01. The molecule has 2 heteroatoms. The molecule has 0 aliphatic carbocycles. The van der Waals surface area contributed by atoms with Crippen molar-refractivity contribution in [3.05, 3.63) is 12.2 Å². The molecule has 0 aromatic carbocycles. The fourth-order valence-electron chi connectivity index (χ4n) is 0.783. The quantitative estimate of drug-likeness (QED) is 0.544. The van der Waals surface area contributed by atoms with Crippen LogP contribution in [-0.4, -0.2) is 23.9 Å². The first-order chi connectivity index (χ1) is 4.76. The third-order valence-electron chi connectivity index (χ3n) is 1.38. The van der Waals surface area contributed by atoms with E-state index in [1.165, 1.54) is 0 Å². The van der Waals surface area contributed by atoms with Gasteiger partial charge in [0.15, 0.2) is 0 Å². The molecular formula is C8H15NO. The molecule has 0 saturated heterocycles. The van der Waals surface area contributed by atoms with Gasteiger partial charge < -0.3 is 4.90 Å². The van der Waals surface area contributed by atoms with Gasteiger partial charge in [0.05, 0.1) is 0 Å². The van der Waals surface area contributed by atoms with E-state index < -0.39 is 0 Å². The van der Waals surface area contributed by atoms with Crippen LogP contribution in [0.5, 0.6) is 0 Å². The van der Waals surface area contributed by atoms with E-state index in [1.54, 1.807) is 17.1 Å². The highest BCUT2D eigenvalue weighted by Crippen LogP contribution is 1.89. The van der Waals surface area contributed by atoms with E-state index in [4.69, 9.17) is 0 Å². The maximum Gasteiger partial charge on any atom is 0.246 e. The Morgan fingerprint density at radius 3 is 2.20 bits per heavy atom. The molecule has 0 atom stereocenters. The number of nitrogens with zero attached hydrogens (tertiary/aromatic N) is 1. The Morgan fingerprint density at radius 1 is 1.40 bits per heavy atom. The van der Waals surface area contributed by atoms with Gasteiger partial charge in [0, 0.05) is 13.1 Å². The van der Waals surface area contributed by atoms with Crippen LogP contribution in [0.2, 0.25) is 0 Å². The van der Waals surface area contributed by atoms with E-state index in [9.17, 15) is 4.79 Å². The summed E-state index contributed by atoms with van der Waals surface area (Å²) in [6.45, 7) is 7.39. The maximum absolute atomic E-state index is 11.0. The van der Waals surface area contributed by atoms with Gasteiger partial charge in [-0.15, -0.1) is 0 Å². The number of amides is 1. The third-order valence-corrected chi connectivity index (χ3v) is 1.38. The molecule has 0 aliphatic heterocycles. The standard InChI is InChI=1S/C8H15NO/c1-4-7-8(10)9(5-2)6-3/h4,7H,5-6H2,1-3H3/b7-4-. The highest BCUT2D eigenvalue weighted by atomic mass is 16.2. The fourth-order valence-corrected chi connectivity index (χ4v) is 0.783. The second kappa shape index (κ2) is 5.03. The lowest BCUT2D eigenvalue weighted by molar-refractivity contribution is -0.125. The first-order valence-electron chi connectivity index (χ1n) is 3.67. The van der Waals surface area contributed by atoms with Crippen LogP contribution in [0.25, 0.3) is 0 Å². The molecule has 0 N–H and O–H groups in total. The van der Waals surface area contributed by atoms with Crippen LogP contribution >= 0.6 is 0 Å². The molecule has 0 rings (SSSR count). The number of hydrogen-bond donors (Lipinski definition) is 0. The van der Waals surface area contributed by atoms with Crippen LogP contribution in [0.1, 0.15) is 20.8 Å². The van der Waals surface area contributed by atoms with Gasteiger partial charge >= 0.3 is 0 Å². The minimum absolute atomic E-state index is 0.104. The van der Waals surface area contributed by atoms with E-state index >= 15 is 0 Å². The average molecular weight is 141 g/mol. The number of carbonyl (C=O) groups is 1. The third kappa shape index (κ3) is 2.67. The molecule has 0 unspecified atom stereocenters. The molecule has 0 aromatic rings. The van der Waals surface area contributed by atoms with Gasteiger partial charge in [-0.2, -0.15) is 0 Å². The first-order valence-corrected chi connectivity index (χ1v) is 3.67. The molecule has 58 valence electrons. The Hall–Kier alpha value is -0.790. The highest BCUT2D eigenvalue weighted by Gasteiger charge is 2.02. The molecule has 0 heterocycles. The number of allylic oxidation sites excluding steroid dienone is 1. The number of likely N-dealkylation sites (N-methyl/N-ethyl adjacent to an activating group) is 1. The van der Waals surface area contributed by atoms with Crippen LogP contribution < -0.4 is 0 Å². The van der Waals surface area contributed by atoms with Crippen LogP contribution in [0.3, 0.4) is 0 Å². The van der Waals surface area contributed by atoms with Crippen LogP contribution in [0.4, 0.5) is 0 Å². The van der Waals surface area contributed by atoms with Gasteiger partial charge in [-0.25, -0.2) is 0 Å². The number of rotatable bonds is 3. The van der Waals surface area contributed by atoms with Crippen molar-refractivity contribution in [2.75, 3.05) is 13.1 Å². The molecule has 2 nitrogen and oxygen atoms in total. The highest BCUT2D eigenvalue weighted by molar-refractivity contribution is 5.87. The summed E-state index contributed by atoms with van der Waals surface area (Å²) in [7, 11) is 0. The zero-order chi connectivity index (χ0) is 7.98. The van der Waals surface area contributed by atoms with Crippen molar-refractivity contribution in [1.82, 2.24) is 4.90 Å². The van der Waals surface area contributed by atoms with Crippen molar-refractivity contribution < 1.29 is 4.79 Å². The molecule has 0 radical (unpaired) electrons. The molecule has 0 saturated carbocycles. The van der Waals surface area contributed by atoms with Crippen molar-refractivity contribution in [3.63, 3.8) is 0 Å². The summed E-state index contributed by atoms with van der Waals surface area (Å²) in [6, 6.07) is 0. The molecule has 0 aliphatic rings. The van der Waals surface area contributed by atoms with Crippen molar-refractivity contribution in [2.45, 2.75) is 20.8 Å². The van der Waals surface area contributed by atoms with Gasteiger partial charge in [-0.3, -0.25) is 4.79 Å². The van der Waals surface area contributed by atoms with Crippen molar-refractivity contribution >= 4 is 5.91 Å². The average Bonchev–Trinajstić information content (AvgIpc) is 1.91. The lowest BCUT2D eigenvalue weighted by Crippen LogP contribution is -2.28. The predicted molar refractivity (Wildman–Crippen MR) is 42.7 cm³/mol. The predicted octanol–water partition coefficient (Wildman–Crippen LogP) is 1.43. The van der Waals surface area contributed by atoms with Crippen LogP contribution in [0.15, 0.2) is 12.2 Å². The molecule has 0 fully saturated rings. The zero-order valence-corrected chi connectivity index (χ0v) is 6.92. The van der Waals surface area contributed by atoms with Crippen molar-refractivity contribution in [3.8, 4) is 0 Å². The summed E-state index contributed by atoms with van der Waals surface area (Å²) in [5.74, 6) is 0.104. The lowest BCUT2D eigenvalue weighted by atomic mass is 10.4. The molecular weight excluding hydrogens is 126 g/mol. The molecule has 0 spiro atoms.